The van der Waals surface area contributed by atoms with Crippen molar-refractivity contribution in [2.75, 3.05) is 0 Å². The molecule has 1 rings (SSSR count). The van der Waals surface area contributed by atoms with Gasteiger partial charge in [0, 0.05) is 11.6 Å². The summed E-state index contributed by atoms with van der Waals surface area (Å²) in [5.41, 5.74) is 6.35. The zero-order valence-electron chi connectivity index (χ0n) is 9.81. The normalized spacial score (nSPS) is 11.5. The van der Waals surface area contributed by atoms with Crippen molar-refractivity contribution in [1.82, 2.24) is 0 Å². The highest BCUT2D eigenvalue weighted by molar-refractivity contribution is 5.88. The maximum Gasteiger partial charge on any atom is 0.335 e. The lowest BCUT2D eigenvalue weighted by atomic mass is 9.98. The number of nitrogens with two attached hydrogens (primary N) is 1. The van der Waals surface area contributed by atoms with Gasteiger partial charge in [0.2, 0.25) is 0 Å². The average Bonchev–Trinajstić information content (AvgIpc) is 2.20. The number of rotatable bonds is 4. The van der Waals surface area contributed by atoms with Gasteiger partial charge in [-0.05, 0) is 25.5 Å². The van der Waals surface area contributed by atoms with Crippen molar-refractivity contribution in [2.45, 2.75) is 19.4 Å². The Bertz CT molecular complexity index is 477. The molecule has 4 N–H and O–H groups in total. The molecule has 0 aromatic heterocycles. The number of carboxylic acid groups (broad SMARTS) is 1. The Kier molecular flexibility index (Phi) is 5.81. The number of hydrogen-bond acceptors (Lipinski definition) is 3. The van der Waals surface area contributed by atoms with Crippen LogP contribution in [-0.2, 0) is 0 Å². The first-order chi connectivity index (χ1) is 7.82. The lowest BCUT2D eigenvalue weighted by Gasteiger charge is -2.14. The van der Waals surface area contributed by atoms with Crippen LogP contribution in [-0.4, -0.2) is 16.2 Å². The van der Waals surface area contributed by atoms with E-state index in [2.05, 4.69) is 6.58 Å². The van der Waals surface area contributed by atoms with E-state index in [1.54, 1.807) is 6.92 Å². The van der Waals surface area contributed by atoms with Gasteiger partial charge in [0.15, 0.2) is 11.6 Å². The number of halogens is 2. The molecule has 100 valence electrons. The molecular weight excluding hydrogens is 261 g/mol. The van der Waals surface area contributed by atoms with E-state index in [1.807, 2.05) is 0 Å². The first-order valence-corrected chi connectivity index (χ1v) is 4.98. The van der Waals surface area contributed by atoms with Crippen LogP contribution < -0.4 is 5.73 Å². The molecular formula is C12H15ClFNO3. The fourth-order valence-corrected chi connectivity index (χ4v) is 1.51. The van der Waals surface area contributed by atoms with Crippen molar-refractivity contribution >= 4 is 18.4 Å². The third-order valence-electron chi connectivity index (χ3n) is 2.31. The fourth-order valence-electron chi connectivity index (χ4n) is 1.51. The van der Waals surface area contributed by atoms with E-state index in [0.29, 0.717) is 6.42 Å². The van der Waals surface area contributed by atoms with Gasteiger partial charge in [0.1, 0.15) is 0 Å². The highest BCUT2D eigenvalue weighted by Crippen LogP contribution is 2.30. The molecule has 0 amide bonds. The van der Waals surface area contributed by atoms with E-state index in [0.717, 1.165) is 11.6 Å². The first kappa shape index (κ1) is 16.4. The third-order valence-corrected chi connectivity index (χ3v) is 2.31. The Morgan fingerprint density at radius 2 is 2.11 bits per heavy atom. The molecule has 0 aliphatic carbocycles. The zero-order valence-corrected chi connectivity index (χ0v) is 10.6. The molecule has 0 unspecified atom stereocenters. The molecule has 1 atom stereocenters. The second kappa shape index (κ2) is 6.37. The van der Waals surface area contributed by atoms with Gasteiger partial charge in [-0.15, -0.1) is 19.0 Å². The quantitative estimate of drug-likeness (QED) is 0.738. The van der Waals surface area contributed by atoms with Gasteiger partial charge in [0.25, 0.3) is 0 Å². The van der Waals surface area contributed by atoms with Crippen LogP contribution in [0.25, 0.3) is 0 Å². The summed E-state index contributed by atoms with van der Waals surface area (Å²) in [5.74, 6) is -2.87. The maximum atomic E-state index is 13.3. The zero-order chi connectivity index (χ0) is 13.2. The van der Waals surface area contributed by atoms with Gasteiger partial charge < -0.3 is 15.9 Å². The molecule has 4 nitrogen and oxygen atoms in total. The van der Waals surface area contributed by atoms with Crippen molar-refractivity contribution in [3.05, 3.63) is 41.2 Å². The number of aromatic carboxylic acids is 1. The van der Waals surface area contributed by atoms with E-state index in [4.69, 9.17) is 10.8 Å². The molecule has 0 fully saturated rings. The van der Waals surface area contributed by atoms with Gasteiger partial charge in [-0.2, -0.15) is 0 Å². The largest absolute Gasteiger partial charge is 0.505 e. The summed E-state index contributed by atoms with van der Waals surface area (Å²) < 4.78 is 13.3. The number of aromatic hydroxyl groups is 1. The summed E-state index contributed by atoms with van der Waals surface area (Å²) in [7, 11) is 0. The Hall–Kier alpha value is -1.59. The van der Waals surface area contributed by atoms with Crippen LogP contribution in [0.1, 0.15) is 35.3 Å². The fraction of sp³-hybridized carbons (Fsp3) is 0.250. The topological polar surface area (TPSA) is 83.6 Å². The summed E-state index contributed by atoms with van der Waals surface area (Å²) in [5, 5.41) is 18.3. The van der Waals surface area contributed by atoms with Crippen LogP contribution in [0.5, 0.6) is 5.75 Å². The van der Waals surface area contributed by atoms with E-state index >= 15 is 0 Å². The smallest absolute Gasteiger partial charge is 0.335 e. The molecule has 0 aliphatic heterocycles. The minimum absolute atomic E-state index is 0. The Morgan fingerprint density at radius 1 is 1.56 bits per heavy atom. The number of hydrogen-bond donors (Lipinski definition) is 3. The van der Waals surface area contributed by atoms with Gasteiger partial charge in [-0.1, -0.05) is 5.57 Å². The molecule has 0 radical (unpaired) electrons. The Morgan fingerprint density at radius 3 is 2.56 bits per heavy atom. The minimum Gasteiger partial charge on any atom is -0.505 e. The Balaban J connectivity index is 0.00000289. The van der Waals surface area contributed by atoms with Crippen molar-refractivity contribution in [3.63, 3.8) is 0 Å². The van der Waals surface area contributed by atoms with Gasteiger partial charge in [0.05, 0.1) is 5.56 Å². The van der Waals surface area contributed by atoms with Gasteiger partial charge >= 0.3 is 5.97 Å². The molecule has 1 aromatic rings. The van der Waals surface area contributed by atoms with Crippen LogP contribution in [0, 0.1) is 5.82 Å². The van der Waals surface area contributed by atoms with Crippen molar-refractivity contribution in [3.8, 4) is 5.75 Å². The van der Waals surface area contributed by atoms with Crippen molar-refractivity contribution in [1.29, 1.82) is 0 Å². The lowest BCUT2D eigenvalue weighted by Crippen LogP contribution is -2.12. The molecule has 18 heavy (non-hydrogen) atoms. The predicted octanol–water partition coefficient (Wildman–Crippen LogP) is 2.62. The number of phenolic OH excluding ortho intramolecular Hbond substituents is 1. The van der Waals surface area contributed by atoms with Crippen LogP contribution in [0.4, 0.5) is 4.39 Å². The van der Waals surface area contributed by atoms with Crippen molar-refractivity contribution in [2.24, 2.45) is 5.73 Å². The van der Waals surface area contributed by atoms with E-state index in [-0.39, 0.29) is 23.5 Å². The number of phenols is 1. The van der Waals surface area contributed by atoms with Crippen molar-refractivity contribution < 1.29 is 19.4 Å². The van der Waals surface area contributed by atoms with Crippen LogP contribution >= 0.6 is 12.4 Å². The molecule has 0 aliphatic rings. The van der Waals surface area contributed by atoms with E-state index in [1.165, 1.54) is 6.07 Å². The van der Waals surface area contributed by atoms with Gasteiger partial charge in [-0.3, -0.25) is 0 Å². The molecule has 0 saturated carbocycles. The number of carboxylic acids is 1. The summed E-state index contributed by atoms with van der Waals surface area (Å²) in [6, 6.07) is 1.25. The monoisotopic (exact) mass is 275 g/mol. The van der Waals surface area contributed by atoms with Gasteiger partial charge in [-0.25, -0.2) is 9.18 Å². The molecule has 0 bridgehead atoms. The molecule has 0 heterocycles. The lowest BCUT2D eigenvalue weighted by molar-refractivity contribution is 0.0696. The van der Waals surface area contributed by atoms with E-state index < -0.39 is 23.6 Å². The maximum absolute atomic E-state index is 13.3. The number of carbonyl (C=O) groups is 1. The second-order valence-electron chi connectivity index (χ2n) is 3.97. The summed E-state index contributed by atoms with van der Waals surface area (Å²) >= 11 is 0. The molecule has 1 aromatic carbocycles. The summed E-state index contributed by atoms with van der Waals surface area (Å²) in [6.45, 7) is 5.40. The second-order valence-corrected chi connectivity index (χ2v) is 3.97. The molecule has 0 saturated heterocycles. The molecule has 0 spiro atoms. The summed E-state index contributed by atoms with van der Waals surface area (Å²) in [6.07, 6.45) is 0.343. The van der Waals surface area contributed by atoms with E-state index in [9.17, 15) is 14.3 Å². The Labute approximate surface area is 110 Å². The average molecular weight is 276 g/mol. The molecule has 6 heteroatoms. The van der Waals surface area contributed by atoms with Crippen LogP contribution in [0.15, 0.2) is 24.3 Å². The predicted molar refractivity (Wildman–Crippen MR) is 68.6 cm³/mol. The van der Waals surface area contributed by atoms with Crippen LogP contribution in [0.2, 0.25) is 0 Å². The number of benzene rings is 1. The first-order valence-electron chi connectivity index (χ1n) is 4.98. The minimum atomic E-state index is -1.27. The highest BCUT2D eigenvalue weighted by atomic mass is 35.5. The highest BCUT2D eigenvalue weighted by Gasteiger charge is 2.18. The van der Waals surface area contributed by atoms with Crippen LogP contribution in [0.3, 0.4) is 0 Å². The third kappa shape index (κ3) is 3.72. The summed E-state index contributed by atoms with van der Waals surface area (Å²) in [4.78, 5) is 10.8. The standard InChI is InChI=1S/C12H14FNO3.ClH/c1-6(2)3-10(14)8-4-7(12(16)17)5-9(13)11(8)15;/h4-5,10,15H,1,3,14H2,2H3,(H,16,17);1H/t10-;/m0./s1. The SMILES string of the molecule is C=C(C)C[C@H](N)c1cc(C(=O)O)cc(F)c1O.Cl.